The molecule has 0 spiro atoms. The van der Waals surface area contributed by atoms with E-state index in [0.717, 1.165) is 32.1 Å². The van der Waals surface area contributed by atoms with Crippen LogP contribution in [0.25, 0.3) is 10.4 Å². The fourth-order valence-corrected chi connectivity index (χ4v) is 1.65. The standard InChI is InChI=1S/C13H26N4O4/c1-12(6-5-9-21-13(14)18)20-11-10-19-8-4-2-3-7-16-17-15/h12H,2-11H2,1H3,(H2,14,18). The SMILES string of the molecule is CC(CCCOC(N)=O)OCCOCCCCCN=[N+]=[N-]. The third-order valence-electron chi connectivity index (χ3n) is 2.74. The lowest BCUT2D eigenvalue weighted by molar-refractivity contribution is 0.00600. The van der Waals surface area contributed by atoms with Crippen LogP contribution in [-0.2, 0) is 14.2 Å². The molecule has 0 radical (unpaired) electrons. The summed E-state index contributed by atoms with van der Waals surface area (Å²) in [6, 6.07) is 0. The van der Waals surface area contributed by atoms with Crippen LogP contribution in [0.15, 0.2) is 5.11 Å². The summed E-state index contributed by atoms with van der Waals surface area (Å²) in [7, 11) is 0. The summed E-state index contributed by atoms with van der Waals surface area (Å²) in [5, 5.41) is 3.46. The number of carbonyl (C=O) groups is 1. The van der Waals surface area contributed by atoms with Gasteiger partial charge >= 0.3 is 6.09 Å². The number of primary amides is 1. The molecule has 0 saturated carbocycles. The highest BCUT2D eigenvalue weighted by atomic mass is 16.5. The summed E-state index contributed by atoms with van der Waals surface area (Å²) in [5.41, 5.74) is 12.9. The first-order valence-electron chi connectivity index (χ1n) is 7.29. The van der Waals surface area contributed by atoms with Gasteiger partial charge in [-0.15, -0.1) is 0 Å². The van der Waals surface area contributed by atoms with E-state index < -0.39 is 6.09 Å². The molecule has 0 bridgehead atoms. The van der Waals surface area contributed by atoms with Gasteiger partial charge in [-0.1, -0.05) is 11.5 Å². The van der Waals surface area contributed by atoms with E-state index in [2.05, 4.69) is 14.8 Å². The van der Waals surface area contributed by atoms with E-state index in [1.54, 1.807) is 0 Å². The van der Waals surface area contributed by atoms with Crippen LogP contribution < -0.4 is 5.73 Å². The van der Waals surface area contributed by atoms with Crippen molar-refractivity contribution in [2.24, 2.45) is 10.8 Å². The average molecular weight is 302 g/mol. The topological polar surface area (TPSA) is 120 Å². The smallest absolute Gasteiger partial charge is 0.404 e. The molecule has 0 aliphatic rings. The Morgan fingerprint density at radius 2 is 2.00 bits per heavy atom. The van der Waals surface area contributed by atoms with Crippen LogP contribution in [0.4, 0.5) is 4.79 Å². The zero-order valence-corrected chi connectivity index (χ0v) is 12.7. The number of hydrogen-bond acceptors (Lipinski definition) is 5. The summed E-state index contributed by atoms with van der Waals surface area (Å²) >= 11 is 0. The molecule has 0 aliphatic heterocycles. The first kappa shape index (κ1) is 19.5. The van der Waals surface area contributed by atoms with E-state index in [9.17, 15) is 4.79 Å². The molecule has 0 saturated heterocycles. The predicted octanol–water partition coefficient (Wildman–Crippen LogP) is 2.76. The minimum Gasteiger partial charge on any atom is -0.450 e. The van der Waals surface area contributed by atoms with Crippen LogP contribution in [0, 0.1) is 0 Å². The highest BCUT2D eigenvalue weighted by molar-refractivity contribution is 5.64. The Kier molecular flexibility index (Phi) is 13.8. The van der Waals surface area contributed by atoms with Crippen LogP contribution in [-0.4, -0.2) is 45.2 Å². The zero-order valence-electron chi connectivity index (χ0n) is 12.7. The fourth-order valence-electron chi connectivity index (χ4n) is 1.65. The first-order chi connectivity index (χ1) is 10.2. The van der Waals surface area contributed by atoms with Crippen molar-refractivity contribution in [2.45, 2.75) is 45.1 Å². The molecule has 1 amide bonds. The van der Waals surface area contributed by atoms with Crippen molar-refractivity contribution < 1.29 is 19.0 Å². The number of ether oxygens (including phenoxy) is 3. The molecule has 0 aromatic heterocycles. The molecule has 0 heterocycles. The Morgan fingerprint density at radius 3 is 2.71 bits per heavy atom. The third-order valence-corrected chi connectivity index (χ3v) is 2.74. The molecule has 0 aliphatic carbocycles. The van der Waals surface area contributed by atoms with E-state index in [1.807, 2.05) is 6.92 Å². The lowest BCUT2D eigenvalue weighted by Crippen LogP contribution is -2.16. The quantitative estimate of drug-likeness (QED) is 0.229. The lowest BCUT2D eigenvalue weighted by Gasteiger charge is -2.13. The maximum atomic E-state index is 10.3. The molecule has 0 fully saturated rings. The molecule has 0 aromatic carbocycles. The summed E-state index contributed by atoms with van der Waals surface area (Å²) in [6.07, 6.45) is 3.76. The Labute approximate surface area is 125 Å². The highest BCUT2D eigenvalue weighted by Gasteiger charge is 2.03. The van der Waals surface area contributed by atoms with Crippen LogP contribution in [0.1, 0.15) is 39.0 Å². The Balaban J connectivity index is 3.19. The minimum atomic E-state index is -0.739. The number of amides is 1. The van der Waals surface area contributed by atoms with Gasteiger partial charge in [-0.3, -0.25) is 0 Å². The number of nitrogens with zero attached hydrogens (tertiary/aromatic N) is 3. The Bertz CT molecular complexity index is 309. The largest absolute Gasteiger partial charge is 0.450 e. The van der Waals surface area contributed by atoms with Crippen molar-refractivity contribution in [3.63, 3.8) is 0 Å². The minimum absolute atomic E-state index is 0.105. The highest BCUT2D eigenvalue weighted by Crippen LogP contribution is 2.02. The normalized spacial score (nSPS) is 11.7. The predicted molar refractivity (Wildman–Crippen MR) is 78.9 cm³/mol. The molecule has 8 nitrogen and oxygen atoms in total. The molecule has 1 atom stereocenters. The Morgan fingerprint density at radius 1 is 1.19 bits per heavy atom. The number of hydrogen-bond donors (Lipinski definition) is 1. The van der Waals surface area contributed by atoms with Crippen molar-refractivity contribution in [3.8, 4) is 0 Å². The molecule has 21 heavy (non-hydrogen) atoms. The van der Waals surface area contributed by atoms with E-state index in [0.29, 0.717) is 33.0 Å². The van der Waals surface area contributed by atoms with Crippen LogP contribution in [0.5, 0.6) is 0 Å². The first-order valence-corrected chi connectivity index (χ1v) is 7.29. The number of carbonyl (C=O) groups excluding carboxylic acids is 1. The molecule has 8 heteroatoms. The molecular formula is C13H26N4O4. The van der Waals surface area contributed by atoms with Crippen molar-refractivity contribution in [1.82, 2.24) is 0 Å². The molecule has 122 valence electrons. The molecule has 0 aromatic rings. The van der Waals surface area contributed by atoms with Crippen molar-refractivity contribution in [2.75, 3.05) is 33.0 Å². The molecular weight excluding hydrogens is 276 g/mol. The van der Waals surface area contributed by atoms with Crippen LogP contribution in [0.3, 0.4) is 0 Å². The molecule has 2 N–H and O–H groups in total. The molecule has 0 rings (SSSR count). The summed E-state index contributed by atoms with van der Waals surface area (Å²) in [4.78, 5) is 13.0. The lowest BCUT2D eigenvalue weighted by atomic mass is 10.2. The van der Waals surface area contributed by atoms with Gasteiger partial charge in [0.05, 0.1) is 25.9 Å². The van der Waals surface area contributed by atoms with Crippen LogP contribution in [0.2, 0.25) is 0 Å². The number of nitrogens with two attached hydrogens (primary N) is 1. The maximum absolute atomic E-state index is 10.3. The van der Waals surface area contributed by atoms with Crippen molar-refractivity contribution in [3.05, 3.63) is 10.4 Å². The second-order valence-corrected chi connectivity index (χ2v) is 4.62. The van der Waals surface area contributed by atoms with Gasteiger partial charge in [0.25, 0.3) is 0 Å². The number of azide groups is 1. The number of unbranched alkanes of at least 4 members (excludes halogenated alkanes) is 2. The maximum Gasteiger partial charge on any atom is 0.404 e. The second-order valence-electron chi connectivity index (χ2n) is 4.62. The average Bonchev–Trinajstić information content (AvgIpc) is 2.45. The third kappa shape index (κ3) is 16.4. The van der Waals surface area contributed by atoms with Crippen molar-refractivity contribution >= 4 is 6.09 Å². The van der Waals surface area contributed by atoms with Gasteiger partial charge in [0.1, 0.15) is 0 Å². The summed E-state index contributed by atoms with van der Waals surface area (Å²) in [5.74, 6) is 0. The van der Waals surface area contributed by atoms with Crippen LogP contribution >= 0.6 is 0 Å². The van der Waals surface area contributed by atoms with Gasteiger partial charge < -0.3 is 19.9 Å². The summed E-state index contributed by atoms with van der Waals surface area (Å²) < 4.78 is 15.6. The zero-order chi connectivity index (χ0) is 15.8. The fraction of sp³-hybridized carbons (Fsp3) is 0.923. The van der Waals surface area contributed by atoms with Crippen molar-refractivity contribution in [1.29, 1.82) is 0 Å². The van der Waals surface area contributed by atoms with Gasteiger partial charge in [0, 0.05) is 18.1 Å². The second kappa shape index (κ2) is 14.9. The van der Waals surface area contributed by atoms with E-state index >= 15 is 0 Å². The summed E-state index contributed by atoms with van der Waals surface area (Å²) in [6.45, 7) is 4.67. The van der Waals surface area contributed by atoms with E-state index in [-0.39, 0.29) is 6.10 Å². The Hall–Kier alpha value is -1.50. The number of rotatable bonds is 14. The van der Waals surface area contributed by atoms with Gasteiger partial charge in [0.2, 0.25) is 0 Å². The monoisotopic (exact) mass is 302 g/mol. The molecule has 1 unspecified atom stereocenters. The van der Waals surface area contributed by atoms with Gasteiger partial charge in [-0.2, -0.15) is 0 Å². The van der Waals surface area contributed by atoms with E-state index in [1.165, 1.54) is 0 Å². The van der Waals surface area contributed by atoms with E-state index in [4.69, 9.17) is 20.7 Å². The van der Waals surface area contributed by atoms with Gasteiger partial charge in [-0.05, 0) is 38.1 Å². The van der Waals surface area contributed by atoms with Gasteiger partial charge in [0.15, 0.2) is 0 Å². The van der Waals surface area contributed by atoms with Gasteiger partial charge in [-0.25, -0.2) is 4.79 Å².